The molecule has 0 radical (unpaired) electrons. The molecule has 0 saturated carbocycles. The number of anilines is 2. The van der Waals surface area contributed by atoms with E-state index in [9.17, 15) is 17.9 Å². The highest BCUT2D eigenvalue weighted by Crippen LogP contribution is 2.50. The number of nitrogens with one attached hydrogen (secondary N) is 1. The second-order valence-corrected chi connectivity index (χ2v) is 12.6. The van der Waals surface area contributed by atoms with Crippen LogP contribution in [-0.2, 0) is 37.6 Å². The van der Waals surface area contributed by atoms with E-state index in [1.54, 1.807) is 0 Å². The summed E-state index contributed by atoms with van der Waals surface area (Å²) in [5.41, 5.74) is 12.9. The number of rotatable bonds is 2. The third kappa shape index (κ3) is 5.09. The van der Waals surface area contributed by atoms with Crippen LogP contribution in [0.3, 0.4) is 0 Å². The smallest absolute Gasteiger partial charge is 0.397 e. The van der Waals surface area contributed by atoms with Gasteiger partial charge in [-0.05, 0) is 6.07 Å². The van der Waals surface area contributed by atoms with Gasteiger partial charge in [0.05, 0.1) is 18.6 Å². The van der Waals surface area contributed by atoms with Crippen molar-refractivity contribution in [2.45, 2.75) is 49.5 Å². The van der Waals surface area contributed by atoms with E-state index >= 15 is 4.39 Å². The number of nitrogen functional groups attached to an aromatic ring is 2. The number of phosphoric ester groups is 1. The van der Waals surface area contributed by atoms with Gasteiger partial charge >= 0.3 is 18.1 Å². The maximum absolute atomic E-state index is 15.8. The highest BCUT2D eigenvalue weighted by Gasteiger charge is 2.52. The Morgan fingerprint density at radius 2 is 1.93 bits per heavy atom. The van der Waals surface area contributed by atoms with E-state index in [2.05, 4.69) is 35.0 Å². The highest BCUT2D eigenvalue weighted by molar-refractivity contribution is 7.84. The monoisotopic (exact) mass is 643 g/mol. The fraction of sp³-hybridized carbons (Fsp3) is 0.500. The average Bonchev–Trinajstić information content (AvgIpc) is 3.72. The van der Waals surface area contributed by atoms with E-state index < -0.39 is 74.3 Å². The topological polar surface area (TPSA) is 269 Å². The summed E-state index contributed by atoms with van der Waals surface area (Å²) >= 11 is 0. The van der Waals surface area contributed by atoms with E-state index in [1.807, 2.05) is 0 Å². The van der Waals surface area contributed by atoms with Crippen molar-refractivity contribution in [1.82, 2.24) is 44.2 Å². The Kier molecular flexibility index (Phi) is 6.79. The van der Waals surface area contributed by atoms with Gasteiger partial charge in [-0.2, -0.15) is 17.8 Å². The van der Waals surface area contributed by atoms with Crippen LogP contribution in [0.15, 0.2) is 24.9 Å². The van der Waals surface area contributed by atoms with E-state index in [1.165, 1.54) is 27.8 Å². The number of ether oxygens (including phenoxy) is 2. The standard InChI is InChI=1S/C20H23FN11O9PS/c21-13-16-10(39-20(13)31-7-27-15-17(23)25-6-26-18(15)31)4-28-43(35,36)41-9-3-12(38-11(9)5-37-42(33,34)40-16)32-19-14(29-30-32)8(22)1-2-24-19/h1-2,6-7,9-13,16,20,28H,3-5H2,(H2,22,24)(H,33,34)(H2,23,25,26)/t9-,10+,11+,12+,13+,16+,20+/m0/s1. The van der Waals surface area contributed by atoms with Crippen molar-refractivity contribution in [3.05, 3.63) is 24.9 Å². The lowest BCUT2D eigenvalue weighted by Gasteiger charge is -2.25. The Morgan fingerprint density at radius 3 is 2.77 bits per heavy atom. The third-order valence-corrected chi connectivity index (χ3v) is 9.15. The van der Waals surface area contributed by atoms with Crippen molar-refractivity contribution in [3.8, 4) is 0 Å². The molecular formula is C20H23FN11O9PS. The first-order chi connectivity index (χ1) is 20.5. The minimum absolute atomic E-state index is 0.0328. The normalized spacial score (nSPS) is 34.9. The van der Waals surface area contributed by atoms with E-state index in [4.69, 9.17) is 34.2 Å². The van der Waals surface area contributed by atoms with Crippen LogP contribution in [0.5, 0.6) is 0 Å². The fourth-order valence-corrected chi connectivity index (χ4v) is 7.07. The molecule has 0 bridgehead atoms. The van der Waals surface area contributed by atoms with Gasteiger partial charge in [0.1, 0.15) is 36.3 Å². The number of aromatic nitrogens is 8. The van der Waals surface area contributed by atoms with Gasteiger partial charge < -0.3 is 25.8 Å². The van der Waals surface area contributed by atoms with Gasteiger partial charge in [-0.25, -0.2) is 28.9 Å². The van der Waals surface area contributed by atoms with Crippen molar-refractivity contribution in [2.75, 3.05) is 24.6 Å². The molecule has 3 fully saturated rings. The predicted octanol–water partition coefficient (Wildman–Crippen LogP) is -0.911. The summed E-state index contributed by atoms with van der Waals surface area (Å²) in [6.45, 7) is -1.28. The molecule has 43 heavy (non-hydrogen) atoms. The summed E-state index contributed by atoms with van der Waals surface area (Å²) in [7, 11) is -9.49. The molecule has 1 unspecified atom stereocenters. The Balaban J connectivity index is 1.15. The van der Waals surface area contributed by atoms with Gasteiger partial charge in [0.2, 0.25) is 0 Å². The summed E-state index contributed by atoms with van der Waals surface area (Å²) in [4.78, 5) is 26.7. The molecule has 6 N–H and O–H groups in total. The molecule has 0 aromatic carbocycles. The minimum atomic E-state index is -4.98. The summed E-state index contributed by atoms with van der Waals surface area (Å²) in [6, 6.07) is 1.53. The zero-order valence-corrected chi connectivity index (χ0v) is 23.4. The van der Waals surface area contributed by atoms with Crippen molar-refractivity contribution in [2.24, 2.45) is 0 Å². The molecule has 0 aliphatic carbocycles. The molecule has 20 nitrogen and oxygen atoms in total. The van der Waals surface area contributed by atoms with Crippen LogP contribution < -0.4 is 16.2 Å². The predicted molar refractivity (Wildman–Crippen MR) is 139 cm³/mol. The SMILES string of the molecule is Nc1ncnc2c1ncn2[C@@H]1O[C@@H]2CNS(=O)(=O)O[C@H]3C[C@H](n4nnc5c(N)ccnc54)O[C@@H]3COP(=O)(O)O[C@H]2[C@H]1F. The molecule has 23 heteroatoms. The molecule has 3 aliphatic rings. The average molecular weight is 644 g/mol. The first kappa shape index (κ1) is 28.3. The molecule has 4 aromatic heterocycles. The second kappa shape index (κ2) is 10.3. The molecule has 3 saturated heterocycles. The maximum Gasteiger partial charge on any atom is 0.472 e. The summed E-state index contributed by atoms with van der Waals surface area (Å²) in [5, 5.41) is 7.98. The Morgan fingerprint density at radius 1 is 1.09 bits per heavy atom. The van der Waals surface area contributed by atoms with Crippen molar-refractivity contribution in [3.63, 3.8) is 0 Å². The van der Waals surface area contributed by atoms with Crippen LogP contribution in [0.2, 0.25) is 0 Å². The Labute approximate surface area is 240 Å². The number of hydrogen-bond acceptors (Lipinski definition) is 16. The number of hydrogen-bond donors (Lipinski definition) is 4. The molecule has 7 rings (SSSR count). The third-order valence-electron chi connectivity index (χ3n) is 7.14. The molecule has 4 aromatic rings. The van der Waals surface area contributed by atoms with Gasteiger partial charge in [0.25, 0.3) is 0 Å². The maximum atomic E-state index is 15.8. The lowest BCUT2D eigenvalue weighted by Crippen LogP contribution is -2.43. The van der Waals surface area contributed by atoms with E-state index in [0.717, 1.165) is 6.33 Å². The number of phosphoric acid groups is 1. The van der Waals surface area contributed by atoms with Gasteiger partial charge in [0, 0.05) is 19.2 Å². The molecular weight excluding hydrogens is 620 g/mol. The number of nitrogens with zero attached hydrogens (tertiary/aromatic N) is 8. The minimum Gasteiger partial charge on any atom is -0.397 e. The summed E-state index contributed by atoms with van der Waals surface area (Å²) < 4.78 is 86.8. The number of halogens is 1. The van der Waals surface area contributed by atoms with Crippen LogP contribution in [0.1, 0.15) is 18.9 Å². The van der Waals surface area contributed by atoms with Crippen LogP contribution in [0, 0.1) is 0 Å². The lowest BCUT2D eigenvalue weighted by molar-refractivity contribution is -0.0504. The van der Waals surface area contributed by atoms with Gasteiger partial charge in [-0.1, -0.05) is 5.21 Å². The highest BCUT2D eigenvalue weighted by atomic mass is 32.2. The van der Waals surface area contributed by atoms with Crippen LogP contribution in [-0.4, -0.2) is 96.5 Å². The number of imidazole rings is 1. The fourth-order valence-electron chi connectivity index (χ4n) is 5.15. The lowest BCUT2D eigenvalue weighted by atomic mass is 10.1. The first-order valence-electron chi connectivity index (χ1n) is 12.7. The Bertz CT molecular complexity index is 1860. The molecule has 8 atom stereocenters. The molecule has 230 valence electrons. The molecule has 0 amide bonds. The van der Waals surface area contributed by atoms with Crippen molar-refractivity contribution in [1.29, 1.82) is 0 Å². The quantitative estimate of drug-likeness (QED) is 0.192. The molecule has 0 spiro atoms. The van der Waals surface area contributed by atoms with Crippen molar-refractivity contribution < 1.29 is 45.0 Å². The number of pyridine rings is 1. The van der Waals surface area contributed by atoms with Gasteiger partial charge in [0.15, 0.2) is 41.3 Å². The van der Waals surface area contributed by atoms with E-state index in [-0.39, 0.29) is 29.0 Å². The van der Waals surface area contributed by atoms with Crippen LogP contribution >= 0.6 is 7.82 Å². The van der Waals surface area contributed by atoms with Crippen molar-refractivity contribution >= 4 is 52.0 Å². The second-order valence-electron chi connectivity index (χ2n) is 9.84. The van der Waals surface area contributed by atoms with Gasteiger partial charge in [-0.3, -0.25) is 17.8 Å². The number of fused-ring (bicyclic) bond motifs is 4. The Hall–Kier alpha value is -3.47. The summed E-state index contributed by atoms with van der Waals surface area (Å²) in [5.74, 6) is 0.0328. The zero-order chi connectivity index (χ0) is 30.1. The van der Waals surface area contributed by atoms with Crippen LogP contribution in [0.25, 0.3) is 22.3 Å². The zero-order valence-electron chi connectivity index (χ0n) is 21.7. The number of nitrogens with two attached hydrogens (primary N) is 2. The summed E-state index contributed by atoms with van der Waals surface area (Å²) in [6.07, 6.45) is -6.51. The molecule has 7 heterocycles. The molecule has 3 aliphatic heterocycles. The van der Waals surface area contributed by atoms with Gasteiger partial charge in [-0.15, -0.1) is 5.10 Å². The number of alkyl halides is 1. The van der Waals surface area contributed by atoms with Crippen LogP contribution in [0.4, 0.5) is 15.9 Å². The van der Waals surface area contributed by atoms with E-state index in [0.29, 0.717) is 11.2 Å². The largest absolute Gasteiger partial charge is 0.472 e. The first-order valence-corrected chi connectivity index (χ1v) is 15.6.